The van der Waals surface area contributed by atoms with E-state index in [1.54, 1.807) is 24.6 Å². The summed E-state index contributed by atoms with van der Waals surface area (Å²) in [4.78, 5) is 14.4. The molecule has 0 bridgehead atoms. The zero-order valence-corrected chi connectivity index (χ0v) is 9.37. The predicted octanol–water partition coefficient (Wildman–Crippen LogP) is 2.30. The van der Waals surface area contributed by atoms with Crippen LogP contribution in [0.25, 0.3) is 0 Å². The van der Waals surface area contributed by atoms with Gasteiger partial charge in [0, 0.05) is 10.7 Å². The van der Waals surface area contributed by atoms with Crippen molar-refractivity contribution in [3.8, 4) is 0 Å². The Labute approximate surface area is 94.8 Å². The van der Waals surface area contributed by atoms with Gasteiger partial charge in [-0.05, 0) is 34.1 Å². The van der Waals surface area contributed by atoms with Crippen molar-refractivity contribution >= 4 is 21.8 Å². The molecule has 0 saturated carbocycles. The van der Waals surface area contributed by atoms with Gasteiger partial charge in [-0.2, -0.15) is 0 Å². The second-order valence-corrected chi connectivity index (χ2v) is 3.91. The predicted molar refractivity (Wildman–Crippen MR) is 58.4 cm³/mol. The van der Waals surface area contributed by atoms with Crippen molar-refractivity contribution in [2.45, 2.75) is 6.54 Å². The van der Waals surface area contributed by atoms with E-state index in [0.29, 0.717) is 12.2 Å². The third-order valence-corrected chi connectivity index (χ3v) is 2.35. The van der Waals surface area contributed by atoms with E-state index in [4.69, 9.17) is 4.42 Å². The van der Waals surface area contributed by atoms with Crippen molar-refractivity contribution in [2.75, 3.05) is 0 Å². The lowest BCUT2D eigenvalue weighted by Gasteiger charge is -2.00. The van der Waals surface area contributed by atoms with Crippen LogP contribution in [0.5, 0.6) is 0 Å². The van der Waals surface area contributed by atoms with Gasteiger partial charge in [0.1, 0.15) is 11.5 Å². The maximum absolute atomic E-state index is 11.5. The topological polar surface area (TPSA) is 58.0 Å². The van der Waals surface area contributed by atoms with Gasteiger partial charge < -0.3 is 14.7 Å². The van der Waals surface area contributed by atoms with E-state index in [0.717, 1.165) is 10.2 Å². The smallest absolute Gasteiger partial charge is 0.268 e. The van der Waals surface area contributed by atoms with Gasteiger partial charge in [0.15, 0.2) is 0 Å². The minimum absolute atomic E-state index is 0.155. The first-order valence-corrected chi connectivity index (χ1v) is 5.19. The van der Waals surface area contributed by atoms with Crippen molar-refractivity contribution in [3.05, 3.63) is 46.6 Å². The summed E-state index contributed by atoms with van der Waals surface area (Å²) in [6.07, 6.45) is 3.29. The molecule has 2 heterocycles. The van der Waals surface area contributed by atoms with E-state index < -0.39 is 0 Å². The average molecular weight is 269 g/mol. The third-order valence-electron chi connectivity index (χ3n) is 1.90. The van der Waals surface area contributed by atoms with Gasteiger partial charge in [-0.25, -0.2) is 0 Å². The van der Waals surface area contributed by atoms with Gasteiger partial charge >= 0.3 is 0 Å². The van der Waals surface area contributed by atoms with E-state index in [-0.39, 0.29) is 5.91 Å². The lowest BCUT2D eigenvalue weighted by atomic mass is 10.4. The lowest BCUT2D eigenvalue weighted by molar-refractivity contribution is 0.0943. The van der Waals surface area contributed by atoms with Gasteiger partial charge in [0.05, 0.1) is 12.8 Å². The van der Waals surface area contributed by atoms with E-state index in [1.165, 1.54) is 0 Å². The van der Waals surface area contributed by atoms with Crippen molar-refractivity contribution < 1.29 is 9.21 Å². The molecule has 0 saturated heterocycles. The number of nitrogens with one attached hydrogen (secondary N) is 2. The van der Waals surface area contributed by atoms with Crippen LogP contribution in [0.15, 0.2) is 39.5 Å². The van der Waals surface area contributed by atoms with Crippen LogP contribution in [-0.2, 0) is 6.54 Å². The van der Waals surface area contributed by atoms with E-state index in [2.05, 4.69) is 26.2 Å². The fraction of sp³-hybridized carbons (Fsp3) is 0.100. The monoisotopic (exact) mass is 268 g/mol. The first-order valence-electron chi connectivity index (χ1n) is 4.40. The highest BCUT2D eigenvalue weighted by atomic mass is 79.9. The molecule has 0 aromatic carbocycles. The SMILES string of the molecule is O=C(NCc1ccco1)c1cc(Br)c[nH]1. The Morgan fingerprint density at radius 1 is 1.60 bits per heavy atom. The number of amides is 1. The summed E-state index contributed by atoms with van der Waals surface area (Å²) in [6, 6.07) is 5.31. The molecular weight excluding hydrogens is 260 g/mol. The number of hydrogen-bond acceptors (Lipinski definition) is 2. The summed E-state index contributed by atoms with van der Waals surface area (Å²) in [5, 5.41) is 2.73. The number of furan rings is 1. The molecule has 0 radical (unpaired) electrons. The molecule has 5 heteroatoms. The summed E-state index contributed by atoms with van der Waals surface area (Å²) in [7, 11) is 0. The van der Waals surface area contributed by atoms with Crippen molar-refractivity contribution in [1.82, 2.24) is 10.3 Å². The fourth-order valence-electron chi connectivity index (χ4n) is 1.17. The van der Waals surface area contributed by atoms with Crippen LogP contribution in [0.1, 0.15) is 16.2 Å². The number of hydrogen-bond donors (Lipinski definition) is 2. The molecule has 2 N–H and O–H groups in total. The molecule has 0 unspecified atom stereocenters. The van der Waals surface area contributed by atoms with Crippen molar-refractivity contribution in [3.63, 3.8) is 0 Å². The zero-order chi connectivity index (χ0) is 10.7. The molecule has 78 valence electrons. The molecule has 0 aliphatic rings. The normalized spacial score (nSPS) is 10.2. The highest BCUT2D eigenvalue weighted by Gasteiger charge is 2.07. The Balaban J connectivity index is 1.93. The molecule has 1 amide bonds. The summed E-state index contributed by atoms with van der Waals surface area (Å²) >= 11 is 3.26. The number of carbonyl (C=O) groups is 1. The quantitative estimate of drug-likeness (QED) is 0.898. The van der Waals surface area contributed by atoms with Gasteiger partial charge in [0.25, 0.3) is 5.91 Å². The van der Waals surface area contributed by atoms with Crippen LogP contribution in [0.4, 0.5) is 0 Å². The summed E-state index contributed by atoms with van der Waals surface area (Å²) < 4.78 is 5.94. The number of aromatic nitrogens is 1. The molecule has 0 atom stereocenters. The summed E-state index contributed by atoms with van der Waals surface area (Å²) in [5.41, 5.74) is 0.522. The zero-order valence-electron chi connectivity index (χ0n) is 7.79. The summed E-state index contributed by atoms with van der Waals surface area (Å²) in [5.74, 6) is 0.575. The largest absolute Gasteiger partial charge is 0.467 e. The molecular formula is C10H9BrN2O2. The van der Waals surface area contributed by atoms with Gasteiger partial charge in [-0.15, -0.1) is 0 Å². The average Bonchev–Trinajstić information content (AvgIpc) is 2.84. The van der Waals surface area contributed by atoms with Crippen LogP contribution in [0, 0.1) is 0 Å². The molecule has 0 aliphatic heterocycles. The Hall–Kier alpha value is -1.49. The molecule has 0 spiro atoms. The second-order valence-electron chi connectivity index (χ2n) is 2.99. The number of H-pyrrole nitrogens is 1. The molecule has 0 aliphatic carbocycles. The van der Waals surface area contributed by atoms with Crippen LogP contribution in [0.3, 0.4) is 0 Å². The standard InChI is InChI=1S/C10H9BrN2O2/c11-7-4-9(12-5-7)10(14)13-6-8-2-1-3-15-8/h1-5,12H,6H2,(H,13,14). The lowest BCUT2D eigenvalue weighted by Crippen LogP contribution is -2.22. The van der Waals surface area contributed by atoms with Gasteiger partial charge in [-0.1, -0.05) is 0 Å². The molecule has 0 fully saturated rings. The van der Waals surface area contributed by atoms with Gasteiger partial charge in [-0.3, -0.25) is 4.79 Å². The maximum Gasteiger partial charge on any atom is 0.268 e. The Morgan fingerprint density at radius 3 is 3.07 bits per heavy atom. The van der Waals surface area contributed by atoms with E-state index in [1.807, 2.05) is 6.07 Å². The van der Waals surface area contributed by atoms with Crippen LogP contribution in [0.2, 0.25) is 0 Å². The van der Waals surface area contributed by atoms with Crippen LogP contribution < -0.4 is 5.32 Å². The van der Waals surface area contributed by atoms with E-state index in [9.17, 15) is 4.79 Å². The number of carbonyl (C=O) groups excluding carboxylic acids is 1. The Morgan fingerprint density at radius 2 is 2.47 bits per heavy atom. The molecule has 2 rings (SSSR count). The van der Waals surface area contributed by atoms with Crippen molar-refractivity contribution in [2.24, 2.45) is 0 Å². The molecule has 2 aromatic heterocycles. The Kier molecular flexibility index (Phi) is 2.91. The minimum Gasteiger partial charge on any atom is -0.467 e. The number of rotatable bonds is 3. The maximum atomic E-state index is 11.5. The molecule has 15 heavy (non-hydrogen) atoms. The number of aromatic amines is 1. The first-order chi connectivity index (χ1) is 7.25. The van der Waals surface area contributed by atoms with Crippen molar-refractivity contribution in [1.29, 1.82) is 0 Å². The first kappa shape index (κ1) is 10.0. The van der Waals surface area contributed by atoms with Crippen LogP contribution >= 0.6 is 15.9 Å². The van der Waals surface area contributed by atoms with Crippen LogP contribution in [-0.4, -0.2) is 10.9 Å². The highest BCUT2D eigenvalue weighted by Crippen LogP contribution is 2.10. The van der Waals surface area contributed by atoms with E-state index >= 15 is 0 Å². The number of halogens is 1. The molecule has 2 aromatic rings. The highest BCUT2D eigenvalue weighted by molar-refractivity contribution is 9.10. The fourth-order valence-corrected chi connectivity index (χ4v) is 1.52. The third kappa shape index (κ3) is 2.50. The second kappa shape index (κ2) is 4.35. The summed E-state index contributed by atoms with van der Waals surface area (Å²) in [6.45, 7) is 0.391. The molecule has 4 nitrogen and oxygen atoms in total. The van der Waals surface area contributed by atoms with Gasteiger partial charge in [0.2, 0.25) is 0 Å². The Bertz CT molecular complexity index is 448. The minimum atomic E-state index is -0.155.